The summed E-state index contributed by atoms with van der Waals surface area (Å²) in [7, 11) is 0. The van der Waals surface area contributed by atoms with Crippen LogP contribution >= 0.6 is 0 Å². The molecule has 1 unspecified atom stereocenters. The number of Topliss-reactive ketones (excluding diaryl/α,β-unsaturated/α-hetero) is 1. The van der Waals surface area contributed by atoms with Crippen molar-refractivity contribution in [3.8, 4) is 0 Å². The first-order valence-electron chi connectivity index (χ1n) is 5.77. The molecule has 0 aromatic heterocycles. The molecule has 0 aromatic carbocycles. The van der Waals surface area contributed by atoms with Gasteiger partial charge in [-0.2, -0.15) is 0 Å². The fraction of sp³-hybridized carbons (Fsp3) is 0.769. The number of rotatable bonds is 0. The van der Waals surface area contributed by atoms with E-state index in [0.717, 1.165) is 12.8 Å². The first kappa shape index (κ1) is 9.95. The lowest BCUT2D eigenvalue weighted by molar-refractivity contribution is -0.122. The summed E-state index contributed by atoms with van der Waals surface area (Å²) in [5.41, 5.74) is 3.37. The lowest BCUT2D eigenvalue weighted by Gasteiger charge is -2.40. The molecule has 0 N–H and O–H groups in total. The van der Waals surface area contributed by atoms with Crippen molar-refractivity contribution in [1.29, 1.82) is 0 Å². The molecule has 2 rings (SSSR count). The molecule has 0 radical (unpaired) electrons. The zero-order chi connectivity index (χ0) is 10.3. The molecule has 0 aromatic rings. The predicted molar refractivity (Wildman–Crippen MR) is 58.1 cm³/mol. The van der Waals surface area contributed by atoms with E-state index in [2.05, 4.69) is 20.8 Å². The standard InChI is InChI=1S/C13H20O/c1-9-11(14)7-6-10-5-4-8-13(2,3)12(9)10/h9H,4-8H2,1-3H3. The summed E-state index contributed by atoms with van der Waals surface area (Å²) in [4.78, 5) is 11.7. The zero-order valence-electron chi connectivity index (χ0n) is 9.52. The maximum Gasteiger partial charge on any atom is 0.140 e. The van der Waals surface area contributed by atoms with Gasteiger partial charge in [-0.15, -0.1) is 0 Å². The van der Waals surface area contributed by atoms with E-state index < -0.39 is 0 Å². The highest BCUT2D eigenvalue weighted by atomic mass is 16.1. The van der Waals surface area contributed by atoms with E-state index in [1.54, 1.807) is 5.57 Å². The topological polar surface area (TPSA) is 17.1 Å². The quantitative estimate of drug-likeness (QED) is 0.537. The summed E-state index contributed by atoms with van der Waals surface area (Å²) in [5.74, 6) is 0.660. The maximum absolute atomic E-state index is 11.7. The molecule has 1 nitrogen and oxygen atoms in total. The Morgan fingerprint density at radius 3 is 2.64 bits per heavy atom. The molecule has 2 aliphatic rings. The van der Waals surface area contributed by atoms with E-state index in [1.807, 2.05) is 0 Å². The molecule has 0 aliphatic heterocycles. The van der Waals surface area contributed by atoms with Gasteiger partial charge < -0.3 is 0 Å². The maximum atomic E-state index is 11.7. The summed E-state index contributed by atoms with van der Waals surface area (Å²) < 4.78 is 0. The SMILES string of the molecule is CC1C(=O)CCC2=C1C(C)(C)CCC2. The molecule has 78 valence electrons. The summed E-state index contributed by atoms with van der Waals surface area (Å²) in [5, 5.41) is 0. The minimum atomic E-state index is 0.203. The summed E-state index contributed by atoms with van der Waals surface area (Å²) >= 11 is 0. The van der Waals surface area contributed by atoms with E-state index >= 15 is 0 Å². The van der Waals surface area contributed by atoms with E-state index in [0.29, 0.717) is 5.78 Å². The molecule has 1 atom stereocenters. The van der Waals surface area contributed by atoms with E-state index in [4.69, 9.17) is 0 Å². The van der Waals surface area contributed by atoms with Crippen LogP contribution in [0.1, 0.15) is 52.9 Å². The molecular weight excluding hydrogens is 172 g/mol. The van der Waals surface area contributed by atoms with Gasteiger partial charge in [0.05, 0.1) is 0 Å². The first-order chi connectivity index (χ1) is 6.52. The second kappa shape index (κ2) is 3.22. The second-order valence-electron chi connectivity index (χ2n) is 5.44. The number of ketones is 1. The van der Waals surface area contributed by atoms with Crippen LogP contribution < -0.4 is 0 Å². The Hall–Kier alpha value is -0.590. The first-order valence-corrected chi connectivity index (χ1v) is 5.77. The Kier molecular flexibility index (Phi) is 2.29. The Bertz CT molecular complexity index is 296. The summed E-state index contributed by atoms with van der Waals surface area (Å²) in [6, 6.07) is 0. The number of allylic oxidation sites excluding steroid dienone is 2. The summed E-state index contributed by atoms with van der Waals surface area (Å²) in [6.07, 6.45) is 5.64. The van der Waals surface area contributed by atoms with Gasteiger partial charge in [-0.1, -0.05) is 31.9 Å². The van der Waals surface area contributed by atoms with E-state index in [-0.39, 0.29) is 11.3 Å². The van der Waals surface area contributed by atoms with Crippen LogP contribution in [-0.4, -0.2) is 5.78 Å². The van der Waals surface area contributed by atoms with Crippen LogP contribution in [0.2, 0.25) is 0 Å². The van der Waals surface area contributed by atoms with Crippen molar-refractivity contribution in [2.45, 2.75) is 52.9 Å². The van der Waals surface area contributed by atoms with Crippen molar-refractivity contribution in [3.63, 3.8) is 0 Å². The highest BCUT2D eigenvalue weighted by Gasteiger charge is 2.37. The smallest absolute Gasteiger partial charge is 0.140 e. The fourth-order valence-electron chi connectivity index (χ4n) is 3.30. The second-order valence-corrected chi connectivity index (χ2v) is 5.44. The van der Waals surface area contributed by atoms with Gasteiger partial charge in [0.1, 0.15) is 5.78 Å². The third-order valence-electron chi connectivity index (χ3n) is 3.98. The van der Waals surface area contributed by atoms with Crippen LogP contribution in [0.3, 0.4) is 0 Å². The highest BCUT2D eigenvalue weighted by Crippen LogP contribution is 2.47. The molecule has 0 bridgehead atoms. The molecule has 0 heterocycles. The van der Waals surface area contributed by atoms with E-state index in [9.17, 15) is 4.79 Å². The fourth-order valence-corrected chi connectivity index (χ4v) is 3.30. The van der Waals surface area contributed by atoms with Crippen LogP contribution in [0.25, 0.3) is 0 Å². The van der Waals surface area contributed by atoms with Gasteiger partial charge in [0, 0.05) is 12.3 Å². The van der Waals surface area contributed by atoms with Gasteiger partial charge in [-0.25, -0.2) is 0 Å². The third kappa shape index (κ3) is 1.43. The Labute approximate surface area is 86.6 Å². The van der Waals surface area contributed by atoms with Crippen molar-refractivity contribution in [3.05, 3.63) is 11.1 Å². The molecule has 2 aliphatic carbocycles. The normalized spacial score (nSPS) is 31.6. The van der Waals surface area contributed by atoms with Crippen LogP contribution in [0.15, 0.2) is 11.1 Å². The van der Waals surface area contributed by atoms with Gasteiger partial charge in [0.25, 0.3) is 0 Å². The van der Waals surface area contributed by atoms with Crippen molar-refractivity contribution in [1.82, 2.24) is 0 Å². The van der Waals surface area contributed by atoms with Crippen molar-refractivity contribution in [2.24, 2.45) is 11.3 Å². The minimum absolute atomic E-state index is 0.203. The molecule has 0 saturated heterocycles. The van der Waals surface area contributed by atoms with Crippen molar-refractivity contribution in [2.75, 3.05) is 0 Å². The van der Waals surface area contributed by atoms with Crippen LogP contribution in [0.4, 0.5) is 0 Å². The third-order valence-corrected chi connectivity index (χ3v) is 3.98. The average Bonchev–Trinajstić information content (AvgIpc) is 2.10. The van der Waals surface area contributed by atoms with Gasteiger partial charge in [0.15, 0.2) is 0 Å². The monoisotopic (exact) mass is 192 g/mol. The predicted octanol–water partition coefficient (Wildman–Crippen LogP) is 3.49. The highest BCUT2D eigenvalue weighted by molar-refractivity contribution is 5.85. The van der Waals surface area contributed by atoms with Crippen LogP contribution in [0.5, 0.6) is 0 Å². The van der Waals surface area contributed by atoms with Gasteiger partial charge >= 0.3 is 0 Å². The Morgan fingerprint density at radius 2 is 1.93 bits per heavy atom. The van der Waals surface area contributed by atoms with Crippen molar-refractivity contribution >= 4 is 5.78 Å². The molecule has 0 saturated carbocycles. The largest absolute Gasteiger partial charge is 0.299 e. The Morgan fingerprint density at radius 1 is 1.21 bits per heavy atom. The lowest BCUT2D eigenvalue weighted by atomic mass is 9.64. The molecule has 14 heavy (non-hydrogen) atoms. The van der Waals surface area contributed by atoms with Gasteiger partial charge in [-0.3, -0.25) is 4.79 Å². The molecular formula is C13H20O. The molecule has 0 amide bonds. The van der Waals surface area contributed by atoms with Gasteiger partial charge in [-0.05, 0) is 31.1 Å². The minimum Gasteiger partial charge on any atom is -0.299 e. The van der Waals surface area contributed by atoms with Crippen molar-refractivity contribution < 1.29 is 4.79 Å². The molecule has 0 fully saturated rings. The number of carbonyl (C=O) groups is 1. The van der Waals surface area contributed by atoms with Crippen LogP contribution in [-0.2, 0) is 4.79 Å². The molecule has 1 heteroatoms. The average molecular weight is 192 g/mol. The molecule has 0 spiro atoms. The Balaban J connectivity index is 2.43. The zero-order valence-corrected chi connectivity index (χ0v) is 9.52. The number of hydrogen-bond donors (Lipinski definition) is 0. The lowest BCUT2D eigenvalue weighted by Crippen LogP contribution is -2.32. The van der Waals surface area contributed by atoms with Gasteiger partial charge in [0.2, 0.25) is 0 Å². The number of carbonyl (C=O) groups excluding carboxylic acids is 1. The van der Waals surface area contributed by atoms with Crippen LogP contribution in [0, 0.1) is 11.3 Å². The number of hydrogen-bond acceptors (Lipinski definition) is 1. The van der Waals surface area contributed by atoms with E-state index in [1.165, 1.54) is 24.8 Å². The summed E-state index contributed by atoms with van der Waals surface area (Å²) in [6.45, 7) is 6.71.